The molecule has 0 saturated heterocycles. The van der Waals surface area contributed by atoms with Gasteiger partial charge >= 0.3 is 11.9 Å². The maximum absolute atomic E-state index is 10.8. The maximum atomic E-state index is 10.8. The number of benzene rings is 1. The first-order valence-corrected chi connectivity index (χ1v) is 5.27. The molecule has 0 heterocycles. The summed E-state index contributed by atoms with van der Waals surface area (Å²) in [6.45, 7) is 0. The molecule has 0 amide bonds. The molecule has 0 unspecified atom stereocenters. The molecular formula is C12H15NO4. The van der Waals surface area contributed by atoms with Crippen LogP contribution in [0.25, 0.3) is 0 Å². The number of carbonyl (C=O) groups is 2. The molecule has 1 rings (SSSR count). The van der Waals surface area contributed by atoms with Crippen molar-refractivity contribution >= 4 is 11.9 Å². The molecule has 1 aromatic rings. The molecule has 1 atom stereocenters. The van der Waals surface area contributed by atoms with Gasteiger partial charge in [0.15, 0.2) is 0 Å². The smallest absolute Gasteiger partial charge is 0.335 e. The molecule has 0 aliphatic rings. The quantitative estimate of drug-likeness (QED) is 0.686. The van der Waals surface area contributed by atoms with Crippen LogP contribution in [-0.2, 0) is 11.2 Å². The van der Waals surface area contributed by atoms with E-state index in [2.05, 4.69) is 5.32 Å². The number of carboxylic acids is 2. The largest absolute Gasteiger partial charge is 0.480 e. The first-order valence-electron chi connectivity index (χ1n) is 5.27. The molecule has 5 nitrogen and oxygen atoms in total. The molecular weight excluding hydrogens is 222 g/mol. The third-order valence-corrected chi connectivity index (χ3v) is 2.57. The van der Waals surface area contributed by atoms with Gasteiger partial charge in [0.1, 0.15) is 6.04 Å². The van der Waals surface area contributed by atoms with Crippen LogP contribution in [0.1, 0.15) is 22.3 Å². The molecule has 0 aliphatic heterocycles. The number of aryl methyl sites for hydroxylation is 1. The topological polar surface area (TPSA) is 86.6 Å². The Kier molecular flexibility index (Phi) is 4.66. The van der Waals surface area contributed by atoms with Crippen LogP contribution in [0, 0.1) is 0 Å². The number of aromatic carboxylic acids is 1. The molecule has 0 aliphatic carbocycles. The van der Waals surface area contributed by atoms with Crippen molar-refractivity contribution < 1.29 is 19.8 Å². The molecule has 17 heavy (non-hydrogen) atoms. The Morgan fingerprint density at radius 3 is 2.24 bits per heavy atom. The Morgan fingerprint density at radius 1 is 1.24 bits per heavy atom. The number of nitrogens with one attached hydrogen (secondary N) is 1. The number of hydrogen-bond donors (Lipinski definition) is 3. The summed E-state index contributed by atoms with van der Waals surface area (Å²) >= 11 is 0. The van der Waals surface area contributed by atoms with Crippen LogP contribution in [0.3, 0.4) is 0 Å². The summed E-state index contributed by atoms with van der Waals surface area (Å²) in [7, 11) is 1.60. The summed E-state index contributed by atoms with van der Waals surface area (Å²) in [5.41, 5.74) is 1.16. The van der Waals surface area contributed by atoms with E-state index in [-0.39, 0.29) is 5.56 Å². The van der Waals surface area contributed by atoms with Crippen LogP contribution in [0.15, 0.2) is 24.3 Å². The zero-order valence-electron chi connectivity index (χ0n) is 9.51. The van der Waals surface area contributed by atoms with Crippen molar-refractivity contribution in [3.63, 3.8) is 0 Å². The highest BCUT2D eigenvalue weighted by Crippen LogP contribution is 2.08. The summed E-state index contributed by atoms with van der Waals surface area (Å²) in [5.74, 6) is -1.84. The molecule has 0 bridgehead atoms. The second-order valence-corrected chi connectivity index (χ2v) is 3.72. The van der Waals surface area contributed by atoms with Crippen molar-refractivity contribution in [2.75, 3.05) is 7.05 Å². The summed E-state index contributed by atoms with van der Waals surface area (Å²) in [5, 5.41) is 20.3. The van der Waals surface area contributed by atoms with Crippen molar-refractivity contribution in [2.24, 2.45) is 0 Å². The van der Waals surface area contributed by atoms with Crippen LogP contribution in [0.4, 0.5) is 0 Å². The number of aliphatic carboxylic acids is 1. The maximum Gasteiger partial charge on any atom is 0.335 e. The highest BCUT2D eigenvalue weighted by Gasteiger charge is 2.14. The van der Waals surface area contributed by atoms with Gasteiger partial charge in [0, 0.05) is 0 Å². The standard InChI is InChI=1S/C12H15NO4/c1-13-10(12(16)17)7-4-8-2-5-9(6-3-8)11(14)15/h2-3,5-6,10,13H,4,7H2,1H3,(H,14,15)(H,16,17)/t10-/m1/s1. The Labute approximate surface area is 99.1 Å². The van der Waals surface area contributed by atoms with Crippen molar-refractivity contribution in [3.05, 3.63) is 35.4 Å². The first kappa shape index (κ1) is 13.2. The van der Waals surface area contributed by atoms with Crippen molar-refractivity contribution in [3.8, 4) is 0 Å². The molecule has 92 valence electrons. The van der Waals surface area contributed by atoms with E-state index in [4.69, 9.17) is 10.2 Å². The summed E-state index contributed by atoms with van der Waals surface area (Å²) in [4.78, 5) is 21.4. The fourth-order valence-corrected chi connectivity index (χ4v) is 1.52. The monoisotopic (exact) mass is 237 g/mol. The Bertz CT molecular complexity index is 399. The lowest BCUT2D eigenvalue weighted by atomic mass is 10.0. The van der Waals surface area contributed by atoms with Crippen LogP contribution < -0.4 is 5.32 Å². The molecule has 5 heteroatoms. The summed E-state index contributed by atoms with van der Waals surface area (Å²) in [6, 6.07) is 5.88. The van der Waals surface area contributed by atoms with Crippen LogP contribution >= 0.6 is 0 Å². The van der Waals surface area contributed by atoms with E-state index in [9.17, 15) is 9.59 Å². The van der Waals surface area contributed by atoms with Gasteiger partial charge in [-0.3, -0.25) is 4.79 Å². The van der Waals surface area contributed by atoms with Gasteiger partial charge in [-0.1, -0.05) is 12.1 Å². The molecule has 3 N–H and O–H groups in total. The summed E-state index contributed by atoms with van der Waals surface area (Å²) in [6.07, 6.45) is 1.07. The number of rotatable bonds is 6. The van der Waals surface area contributed by atoms with E-state index in [1.54, 1.807) is 19.2 Å². The average Bonchev–Trinajstić information content (AvgIpc) is 2.30. The molecule has 0 spiro atoms. The predicted octanol–water partition coefficient (Wildman–Crippen LogP) is 0.990. The summed E-state index contributed by atoms with van der Waals surface area (Å²) < 4.78 is 0. The highest BCUT2D eigenvalue weighted by atomic mass is 16.4. The Morgan fingerprint density at radius 2 is 1.82 bits per heavy atom. The SMILES string of the molecule is CN[C@H](CCc1ccc(C(=O)O)cc1)C(=O)O. The molecule has 0 saturated carbocycles. The van der Waals surface area contributed by atoms with Crippen molar-refractivity contribution in [1.29, 1.82) is 0 Å². The lowest BCUT2D eigenvalue weighted by Crippen LogP contribution is -2.34. The molecule has 0 radical (unpaired) electrons. The van der Waals surface area contributed by atoms with Crippen LogP contribution in [-0.4, -0.2) is 35.2 Å². The number of likely N-dealkylation sites (N-methyl/N-ethyl adjacent to an activating group) is 1. The van der Waals surface area contributed by atoms with Crippen LogP contribution in [0.5, 0.6) is 0 Å². The normalized spacial score (nSPS) is 12.1. The first-order chi connectivity index (χ1) is 8.04. The number of hydrogen-bond acceptors (Lipinski definition) is 3. The minimum absolute atomic E-state index is 0.233. The third kappa shape index (κ3) is 3.88. The van der Waals surface area contributed by atoms with E-state index >= 15 is 0 Å². The third-order valence-electron chi connectivity index (χ3n) is 2.57. The predicted molar refractivity (Wildman–Crippen MR) is 62.2 cm³/mol. The van der Waals surface area contributed by atoms with E-state index in [1.807, 2.05) is 0 Å². The van der Waals surface area contributed by atoms with Gasteiger partial charge in [-0.25, -0.2) is 4.79 Å². The van der Waals surface area contributed by atoms with E-state index in [0.29, 0.717) is 12.8 Å². The Balaban J connectivity index is 2.58. The van der Waals surface area contributed by atoms with Crippen molar-refractivity contribution in [1.82, 2.24) is 5.32 Å². The second-order valence-electron chi connectivity index (χ2n) is 3.72. The molecule has 0 aromatic heterocycles. The van der Waals surface area contributed by atoms with Gasteiger partial charge in [0.2, 0.25) is 0 Å². The Hall–Kier alpha value is -1.88. The van der Waals surface area contributed by atoms with Gasteiger partial charge in [0.25, 0.3) is 0 Å². The van der Waals surface area contributed by atoms with Crippen molar-refractivity contribution in [2.45, 2.75) is 18.9 Å². The molecule has 0 fully saturated rings. The van der Waals surface area contributed by atoms with E-state index in [0.717, 1.165) is 5.56 Å². The van der Waals surface area contributed by atoms with Gasteiger partial charge in [-0.05, 0) is 37.6 Å². The minimum Gasteiger partial charge on any atom is -0.480 e. The lowest BCUT2D eigenvalue weighted by Gasteiger charge is -2.10. The molecule has 1 aromatic carbocycles. The van der Waals surface area contributed by atoms with Gasteiger partial charge in [-0.2, -0.15) is 0 Å². The van der Waals surface area contributed by atoms with Crippen LogP contribution in [0.2, 0.25) is 0 Å². The highest BCUT2D eigenvalue weighted by molar-refractivity contribution is 5.87. The fourth-order valence-electron chi connectivity index (χ4n) is 1.52. The van der Waals surface area contributed by atoms with E-state index < -0.39 is 18.0 Å². The average molecular weight is 237 g/mol. The van der Waals surface area contributed by atoms with Gasteiger partial charge < -0.3 is 15.5 Å². The fraction of sp³-hybridized carbons (Fsp3) is 0.333. The number of carboxylic acid groups (broad SMARTS) is 2. The van der Waals surface area contributed by atoms with Gasteiger partial charge in [0.05, 0.1) is 5.56 Å². The zero-order valence-corrected chi connectivity index (χ0v) is 9.51. The minimum atomic E-state index is -0.963. The second kappa shape index (κ2) is 6.00. The zero-order chi connectivity index (χ0) is 12.8. The van der Waals surface area contributed by atoms with E-state index in [1.165, 1.54) is 12.1 Å². The lowest BCUT2D eigenvalue weighted by molar-refractivity contribution is -0.139. The van der Waals surface area contributed by atoms with Gasteiger partial charge in [-0.15, -0.1) is 0 Å².